The maximum atomic E-state index is 13.9. The highest BCUT2D eigenvalue weighted by Crippen LogP contribution is 2.32. The van der Waals surface area contributed by atoms with Gasteiger partial charge in [-0.3, -0.25) is 4.68 Å². The summed E-state index contributed by atoms with van der Waals surface area (Å²) in [4.78, 5) is 14.3. The van der Waals surface area contributed by atoms with E-state index in [1.54, 1.807) is 25.1 Å². The number of hydrogen-bond acceptors (Lipinski definition) is 3. The average Bonchev–Trinajstić information content (AvgIpc) is 2.97. The molecule has 138 valence electrons. The van der Waals surface area contributed by atoms with Crippen LogP contribution in [0.15, 0.2) is 36.4 Å². The fraction of sp³-hybridized carbons (Fsp3) is 0.211. The molecule has 0 bridgehead atoms. The van der Waals surface area contributed by atoms with Crippen molar-refractivity contribution in [3.05, 3.63) is 70.2 Å². The van der Waals surface area contributed by atoms with E-state index in [1.807, 2.05) is 0 Å². The topological polar surface area (TPSA) is 79.7 Å². The highest BCUT2D eigenvalue weighted by molar-refractivity contribution is 5.85. The first-order valence-corrected chi connectivity index (χ1v) is 7.97. The number of aromatic nitrogens is 2. The minimum absolute atomic E-state index is 0.0842. The Balaban J connectivity index is 2.17. The Kier molecular flexibility index (Phi) is 4.64. The second-order valence-corrected chi connectivity index (χ2v) is 6.04. The lowest BCUT2D eigenvalue weighted by atomic mass is 10.0. The van der Waals surface area contributed by atoms with Crippen LogP contribution in [0.3, 0.4) is 0 Å². The molecule has 0 aliphatic heterocycles. The zero-order valence-electron chi connectivity index (χ0n) is 14.3. The molecule has 3 aromatic rings. The molecule has 2 aromatic carbocycles. The van der Waals surface area contributed by atoms with E-state index in [2.05, 4.69) is 9.94 Å². The molecule has 1 aromatic heterocycles. The summed E-state index contributed by atoms with van der Waals surface area (Å²) in [6.07, 6.45) is 0. The third-order valence-electron chi connectivity index (χ3n) is 4.41. The van der Waals surface area contributed by atoms with Crippen LogP contribution in [-0.4, -0.2) is 26.0 Å². The van der Waals surface area contributed by atoms with Gasteiger partial charge in [-0.05, 0) is 24.1 Å². The summed E-state index contributed by atoms with van der Waals surface area (Å²) in [5.41, 5.74) is 1.67. The number of aryl methyl sites for hydroxylation is 1. The number of carboxylic acid groups (broad SMARTS) is 1. The van der Waals surface area contributed by atoms with Crippen LogP contribution in [0.5, 0.6) is 0 Å². The zero-order chi connectivity index (χ0) is 19.8. The molecule has 1 heterocycles. The van der Waals surface area contributed by atoms with Crippen LogP contribution in [0.4, 0.5) is 14.5 Å². The Morgan fingerprint density at radius 2 is 2.07 bits per heavy atom. The van der Waals surface area contributed by atoms with E-state index in [0.29, 0.717) is 33.4 Å². The van der Waals surface area contributed by atoms with Gasteiger partial charge in [0.25, 0.3) is 0 Å². The number of fused-ring (bicyclic) bond motifs is 1. The summed E-state index contributed by atoms with van der Waals surface area (Å²) in [6, 6.07) is 8.51. The van der Waals surface area contributed by atoms with Gasteiger partial charge in [0.15, 0.2) is 5.69 Å². The second-order valence-electron chi connectivity index (χ2n) is 6.04. The quantitative estimate of drug-likeness (QED) is 0.672. The summed E-state index contributed by atoms with van der Waals surface area (Å²) in [6.45, 7) is 8.82. The van der Waals surface area contributed by atoms with Crippen molar-refractivity contribution >= 4 is 22.6 Å². The molecule has 6 nitrogen and oxygen atoms in total. The SMILES string of the molecule is [C-]#[N+]c1cccc(CO)c1Cn1nc(C)c2ccc(C(F)(F)C(=O)O)cc21. The first-order chi connectivity index (χ1) is 12.8. The molecule has 0 radical (unpaired) electrons. The van der Waals surface area contributed by atoms with Crippen molar-refractivity contribution in [3.8, 4) is 0 Å². The maximum Gasteiger partial charge on any atom is 0.379 e. The monoisotopic (exact) mass is 371 g/mol. The number of aliphatic hydroxyl groups is 1. The average molecular weight is 371 g/mol. The Bertz CT molecular complexity index is 1080. The molecule has 0 saturated carbocycles. The molecule has 0 unspecified atom stereocenters. The number of halogens is 2. The number of nitrogens with zero attached hydrogens (tertiary/aromatic N) is 3. The molecule has 0 amide bonds. The molecule has 0 fully saturated rings. The number of aliphatic hydroxyl groups excluding tert-OH is 1. The summed E-state index contributed by atoms with van der Waals surface area (Å²) < 4.78 is 29.3. The van der Waals surface area contributed by atoms with Gasteiger partial charge in [0.2, 0.25) is 0 Å². The van der Waals surface area contributed by atoms with Crippen LogP contribution >= 0.6 is 0 Å². The van der Waals surface area contributed by atoms with Gasteiger partial charge in [-0.25, -0.2) is 9.64 Å². The number of benzene rings is 2. The Morgan fingerprint density at radius 1 is 1.33 bits per heavy atom. The number of hydrogen-bond donors (Lipinski definition) is 2. The minimum Gasteiger partial charge on any atom is -0.477 e. The van der Waals surface area contributed by atoms with Crippen LogP contribution in [0.2, 0.25) is 0 Å². The predicted octanol–water partition coefficient (Wildman–Crippen LogP) is 3.61. The normalized spacial score (nSPS) is 11.5. The van der Waals surface area contributed by atoms with Crippen molar-refractivity contribution in [1.82, 2.24) is 9.78 Å². The van der Waals surface area contributed by atoms with Gasteiger partial charge in [-0.2, -0.15) is 13.9 Å². The van der Waals surface area contributed by atoms with Crippen molar-refractivity contribution in [1.29, 1.82) is 0 Å². The molecule has 2 N–H and O–H groups in total. The van der Waals surface area contributed by atoms with E-state index < -0.39 is 17.5 Å². The zero-order valence-corrected chi connectivity index (χ0v) is 14.3. The minimum atomic E-state index is -4.03. The highest BCUT2D eigenvalue weighted by atomic mass is 19.3. The van der Waals surface area contributed by atoms with Gasteiger partial charge >= 0.3 is 11.9 Å². The number of carbonyl (C=O) groups is 1. The molecular weight excluding hydrogens is 356 g/mol. The first kappa shape index (κ1) is 18.5. The second kappa shape index (κ2) is 6.78. The third-order valence-corrected chi connectivity index (χ3v) is 4.41. The maximum absolute atomic E-state index is 13.9. The number of alkyl halides is 2. The smallest absolute Gasteiger partial charge is 0.379 e. The van der Waals surface area contributed by atoms with Crippen molar-refractivity contribution in [3.63, 3.8) is 0 Å². The lowest BCUT2D eigenvalue weighted by Gasteiger charge is -2.13. The van der Waals surface area contributed by atoms with E-state index in [9.17, 15) is 18.7 Å². The molecular formula is C19H15F2N3O3. The van der Waals surface area contributed by atoms with Gasteiger partial charge in [0, 0.05) is 10.9 Å². The van der Waals surface area contributed by atoms with Crippen LogP contribution < -0.4 is 0 Å². The van der Waals surface area contributed by atoms with E-state index in [-0.39, 0.29) is 13.2 Å². The Labute approximate surface area is 153 Å². The van der Waals surface area contributed by atoms with Gasteiger partial charge < -0.3 is 10.2 Å². The van der Waals surface area contributed by atoms with Gasteiger partial charge in [-0.1, -0.05) is 30.3 Å². The lowest BCUT2D eigenvalue weighted by molar-refractivity contribution is -0.166. The van der Waals surface area contributed by atoms with E-state index in [4.69, 9.17) is 11.7 Å². The highest BCUT2D eigenvalue weighted by Gasteiger charge is 2.41. The van der Waals surface area contributed by atoms with E-state index >= 15 is 0 Å². The molecule has 8 heteroatoms. The van der Waals surface area contributed by atoms with Crippen molar-refractivity contribution in [2.45, 2.75) is 26.0 Å². The fourth-order valence-electron chi connectivity index (χ4n) is 2.99. The third kappa shape index (κ3) is 3.13. The summed E-state index contributed by atoms with van der Waals surface area (Å²) in [5.74, 6) is -6.26. The Hall–Kier alpha value is -3.31. The van der Waals surface area contributed by atoms with Gasteiger partial charge in [0.05, 0.1) is 30.9 Å². The van der Waals surface area contributed by atoms with Gasteiger partial charge in [-0.15, -0.1) is 0 Å². The van der Waals surface area contributed by atoms with Crippen LogP contribution in [-0.2, 0) is 23.9 Å². The molecule has 27 heavy (non-hydrogen) atoms. The number of aliphatic carboxylic acids is 1. The van der Waals surface area contributed by atoms with Crippen LogP contribution in [0.1, 0.15) is 22.4 Å². The number of carboxylic acids is 1. The summed E-state index contributed by atoms with van der Waals surface area (Å²) in [5, 5.41) is 23.3. The summed E-state index contributed by atoms with van der Waals surface area (Å²) >= 11 is 0. The van der Waals surface area contributed by atoms with Crippen molar-refractivity contribution < 1.29 is 23.8 Å². The first-order valence-electron chi connectivity index (χ1n) is 7.97. The Morgan fingerprint density at radius 3 is 2.70 bits per heavy atom. The fourth-order valence-corrected chi connectivity index (χ4v) is 2.99. The van der Waals surface area contributed by atoms with Gasteiger partial charge in [0.1, 0.15) is 0 Å². The van der Waals surface area contributed by atoms with Crippen LogP contribution in [0.25, 0.3) is 15.7 Å². The standard InChI is InChI=1S/C19H15F2N3O3/c1-11-14-7-6-13(19(20,21)18(26)27)8-17(14)24(23-11)9-15-12(10-25)4-3-5-16(15)22-2/h3-8,25H,9-10H2,1H3,(H,26,27). The predicted molar refractivity (Wildman–Crippen MR) is 93.7 cm³/mol. The summed E-state index contributed by atoms with van der Waals surface area (Å²) in [7, 11) is 0. The molecule has 0 spiro atoms. The van der Waals surface area contributed by atoms with E-state index in [0.717, 1.165) is 12.1 Å². The van der Waals surface area contributed by atoms with Crippen molar-refractivity contribution in [2.75, 3.05) is 0 Å². The lowest BCUT2D eigenvalue weighted by Crippen LogP contribution is -2.25. The molecule has 0 saturated heterocycles. The van der Waals surface area contributed by atoms with Crippen LogP contribution in [0, 0.1) is 13.5 Å². The molecule has 0 aliphatic carbocycles. The largest absolute Gasteiger partial charge is 0.477 e. The molecule has 3 rings (SSSR count). The number of rotatable bonds is 5. The molecule has 0 atom stereocenters. The molecule has 0 aliphatic rings. The van der Waals surface area contributed by atoms with Crippen molar-refractivity contribution in [2.24, 2.45) is 0 Å². The van der Waals surface area contributed by atoms with E-state index in [1.165, 1.54) is 10.7 Å².